The van der Waals surface area contributed by atoms with E-state index < -0.39 is 0 Å². The van der Waals surface area contributed by atoms with E-state index in [0.717, 1.165) is 18.5 Å². The van der Waals surface area contributed by atoms with Gasteiger partial charge >= 0.3 is 6.03 Å². The Morgan fingerprint density at radius 1 is 1.40 bits per heavy atom. The summed E-state index contributed by atoms with van der Waals surface area (Å²) in [7, 11) is 3.65. The first-order valence-corrected chi connectivity index (χ1v) is 8.77. The zero-order valence-electron chi connectivity index (χ0n) is 14.9. The van der Waals surface area contributed by atoms with Crippen LogP contribution in [0, 0.1) is 0 Å². The minimum absolute atomic E-state index is 0.0539. The van der Waals surface area contributed by atoms with E-state index in [2.05, 4.69) is 10.4 Å². The molecule has 2 aromatic rings. The maximum atomic E-state index is 12.4. The molecule has 2 rings (SSSR count). The summed E-state index contributed by atoms with van der Waals surface area (Å²) in [6.07, 6.45) is 3.26. The van der Waals surface area contributed by atoms with Crippen LogP contribution < -0.4 is 10.1 Å². The molecule has 2 amide bonds. The number of hydrogen-bond acceptors (Lipinski definition) is 3. The minimum Gasteiger partial charge on any atom is -0.492 e. The molecule has 0 saturated carbocycles. The van der Waals surface area contributed by atoms with Crippen molar-refractivity contribution < 1.29 is 9.53 Å². The highest BCUT2D eigenvalue weighted by molar-refractivity contribution is 6.32. The molecule has 1 heterocycles. The predicted octanol–water partition coefficient (Wildman–Crippen LogP) is 3.64. The summed E-state index contributed by atoms with van der Waals surface area (Å²) in [6, 6.07) is 9.13. The molecule has 136 valence electrons. The van der Waals surface area contributed by atoms with E-state index in [1.165, 1.54) is 0 Å². The van der Waals surface area contributed by atoms with Crippen molar-refractivity contribution in [2.24, 2.45) is 7.05 Å². The Morgan fingerprint density at radius 2 is 2.16 bits per heavy atom. The molecule has 1 N–H and O–H groups in total. The Balaban J connectivity index is 1.76. The summed E-state index contributed by atoms with van der Waals surface area (Å²) < 4.78 is 7.43. The Bertz CT molecular complexity index is 689. The number of carbonyl (C=O) groups is 1. The maximum absolute atomic E-state index is 12.4. The molecule has 7 heteroatoms. The quantitative estimate of drug-likeness (QED) is 0.727. The second kappa shape index (κ2) is 9.32. The molecule has 0 bridgehead atoms. The normalized spacial score (nSPS) is 11.8. The fourth-order valence-corrected chi connectivity index (χ4v) is 2.71. The van der Waals surface area contributed by atoms with Crippen LogP contribution in [0.25, 0.3) is 0 Å². The Morgan fingerprint density at radius 3 is 2.80 bits per heavy atom. The van der Waals surface area contributed by atoms with E-state index in [0.29, 0.717) is 23.9 Å². The molecule has 0 aliphatic rings. The van der Waals surface area contributed by atoms with Crippen LogP contribution in [0.3, 0.4) is 0 Å². The van der Waals surface area contributed by atoms with E-state index in [4.69, 9.17) is 16.3 Å². The van der Waals surface area contributed by atoms with Crippen molar-refractivity contribution in [2.45, 2.75) is 25.8 Å². The number of rotatable bonds is 8. The van der Waals surface area contributed by atoms with E-state index in [1.54, 1.807) is 28.9 Å². The van der Waals surface area contributed by atoms with Crippen molar-refractivity contribution in [1.82, 2.24) is 20.0 Å². The van der Waals surface area contributed by atoms with Gasteiger partial charge in [-0.05, 0) is 31.0 Å². The fraction of sp³-hybridized carbons (Fsp3) is 0.444. The monoisotopic (exact) mass is 364 g/mol. The second-order valence-electron chi connectivity index (χ2n) is 5.84. The zero-order valence-corrected chi connectivity index (χ0v) is 15.7. The molecule has 25 heavy (non-hydrogen) atoms. The lowest BCUT2D eigenvalue weighted by atomic mass is 10.1. The van der Waals surface area contributed by atoms with E-state index in [1.807, 2.05) is 38.2 Å². The molecule has 0 saturated heterocycles. The maximum Gasteiger partial charge on any atom is 0.317 e. The van der Waals surface area contributed by atoms with Gasteiger partial charge in [-0.15, -0.1) is 0 Å². The first-order valence-electron chi connectivity index (χ1n) is 8.39. The van der Waals surface area contributed by atoms with Gasteiger partial charge in [-0.2, -0.15) is 5.10 Å². The third-order valence-corrected chi connectivity index (χ3v) is 4.31. The number of nitrogens with one attached hydrogen (secondary N) is 1. The SMILES string of the molecule is CCC(NC(=O)N(C)CCCOc1ccccc1Cl)c1ccnn1C. The highest BCUT2D eigenvalue weighted by Crippen LogP contribution is 2.23. The summed E-state index contributed by atoms with van der Waals surface area (Å²) in [5, 5.41) is 7.79. The molecular weight excluding hydrogens is 340 g/mol. The number of carbonyl (C=O) groups excluding carboxylic acids is 1. The van der Waals surface area contributed by atoms with E-state index >= 15 is 0 Å². The van der Waals surface area contributed by atoms with Crippen molar-refractivity contribution in [2.75, 3.05) is 20.2 Å². The van der Waals surface area contributed by atoms with Gasteiger partial charge in [0, 0.05) is 26.8 Å². The summed E-state index contributed by atoms with van der Waals surface area (Å²) in [6.45, 7) is 3.13. The fourth-order valence-electron chi connectivity index (χ4n) is 2.52. The molecule has 0 fully saturated rings. The number of para-hydroxylation sites is 1. The molecule has 1 atom stereocenters. The largest absolute Gasteiger partial charge is 0.492 e. The van der Waals surface area contributed by atoms with Crippen LogP contribution in [0.1, 0.15) is 31.5 Å². The van der Waals surface area contributed by atoms with Gasteiger partial charge in [0.05, 0.1) is 23.4 Å². The van der Waals surface area contributed by atoms with Crippen molar-refractivity contribution >= 4 is 17.6 Å². The summed E-state index contributed by atoms with van der Waals surface area (Å²) in [5.74, 6) is 0.665. The van der Waals surface area contributed by atoms with Crippen LogP contribution in [-0.2, 0) is 7.05 Å². The first-order chi connectivity index (χ1) is 12.0. The number of hydrogen-bond donors (Lipinski definition) is 1. The van der Waals surface area contributed by atoms with Gasteiger partial charge in [0.2, 0.25) is 0 Å². The lowest BCUT2D eigenvalue weighted by molar-refractivity contribution is 0.198. The first kappa shape index (κ1) is 19.1. The number of urea groups is 1. The summed E-state index contributed by atoms with van der Waals surface area (Å²) in [5.41, 5.74) is 0.992. The molecular formula is C18H25ClN4O2. The zero-order chi connectivity index (χ0) is 18.2. The van der Waals surface area contributed by atoms with E-state index in [9.17, 15) is 4.79 Å². The van der Waals surface area contributed by atoms with Crippen LogP contribution in [0.15, 0.2) is 36.5 Å². The van der Waals surface area contributed by atoms with Crippen molar-refractivity contribution in [3.8, 4) is 5.75 Å². The number of halogens is 1. The lowest BCUT2D eigenvalue weighted by Gasteiger charge is -2.23. The average Bonchev–Trinajstić information content (AvgIpc) is 3.03. The van der Waals surface area contributed by atoms with Crippen molar-refractivity contribution in [3.63, 3.8) is 0 Å². The summed E-state index contributed by atoms with van der Waals surface area (Å²) in [4.78, 5) is 14.0. The number of amides is 2. The molecule has 0 aliphatic heterocycles. The second-order valence-corrected chi connectivity index (χ2v) is 6.25. The smallest absolute Gasteiger partial charge is 0.317 e. The minimum atomic E-state index is -0.106. The highest BCUT2D eigenvalue weighted by Gasteiger charge is 2.17. The molecule has 0 spiro atoms. The number of nitrogens with zero attached hydrogens (tertiary/aromatic N) is 3. The molecule has 0 aliphatic carbocycles. The van der Waals surface area contributed by atoms with Gasteiger partial charge in [0.1, 0.15) is 5.75 Å². The van der Waals surface area contributed by atoms with Gasteiger partial charge in [-0.3, -0.25) is 4.68 Å². The molecule has 0 radical (unpaired) electrons. The Kier molecular flexibility index (Phi) is 7.13. The standard InChI is InChI=1S/C18H25ClN4O2/c1-4-15(16-10-11-20-23(16)3)21-18(24)22(2)12-7-13-25-17-9-6-5-8-14(17)19/h5-6,8-11,15H,4,7,12-13H2,1-3H3,(H,21,24). The third kappa shape index (κ3) is 5.39. The van der Waals surface area contributed by atoms with Gasteiger partial charge in [-0.1, -0.05) is 30.7 Å². The molecule has 1 aromatic heterocycles. The highest BCUT2D eigenvalue weighted by atomic mass is 35.5. The number of aryl methyl sites for hydroxylation is 1. The number of ether oxygens (including phenoxy) is 1. The van der Waals surface area contributed by atoms with Crippen molar-refractivity contribution in [1.29, 1.82) is 0 Å². The Labute approximate surface area is 153 Å². The van der Waals surface area contributed by atoms with Crippen LogP contribution in [-0.4, -0.2) is 40.9 Å². The van der Waals surface area contributed by atoms with Crippen LogP contribution in [0.5, 0.6) is 5.75 Å². The van der Waals surface area contributed by atoms with Crippen LogP contribution in [0.4, 0.5) is 4.79 Å². The molecule has 6 nitrogen and oxygen atoms in total. The van der Waals surface area contributed by atoms with E-state index in [-0.39, 0.29) is 12.1 Å². The number of aromatic nitrogens is 2. The topological polar surface area (TPSA) is 59.4 Å². The van der Waals surface area contributed by atoms with Gasteiger partial charge in [0.25, 0.3) is 0 Å². The Hall–Kier alpha value is -2.21. The predicted molar refractivity (Wildman–Crippen MR) is 99.0 cm³/mol. The van der Waals surface area contributed by atoms with Crippen molar-refractivity contribution in [3.05, 3.63) is 47.2 Å². The van der Waals surface area contributed by atoms with Crippen LogP contribution in [0.2, 0.25) is 5.02 Å². The van der Waals surface area contributed by atoms with Crippen LogP contribution >= 0.6 is 11.6 Å². The van der Waals surface area contributed by atoms with Gasteiger partial charge in [0.15, 0.2) is 0 Å². The summed E-state index contributed by atoms with van der Waals surface area (Å²) >= 11 is 6.04. The lowest BCUT2D eigenvalue weighted by Crippen LogP contribution is -2.40. The van der Waals surface area contributed by atoms with Gasteiger partial charge in [-0.25, -0.2) is 4.79 Å². The molecule has 1 aromatic carbocycles. The third-order valence-electron chi connectivity index (χ3n) is 4.00. The van der Waals surface area contributed by atoms with Gasteiger partial charge < -0.3 is 15.0 Å². The number of benzene rings is 1. The average molecular weight is 365 g/mol. The molecule has 1 unspecified atom stereocenters.